The summed E-state index contributed by atoms with van der Waals surface area (Å²) >= 11 is 0. The number of ether oxygens (including phenoxy) is 2. The minimum atomic E-state index is 0.232. The lowest BCUT2D eigenvalue weighted by molar-refractivity contribution is -0.134. The molecule has 0 radical (unpaired) electrons. The number of nitrogens with one attached hydrogen (secondary N) is 1. The molecule has 0 aromatic heterocycles. The van der Waals surface area contributed by atoms with Gasteiger partial charge in [0, 0.05) is 44.4 Å². The highest BCUT2D eigenvalue weighted by Crippen LogP contribution is 2.29. The average molecular weight is 284 g/mol. The van der Waals surface area contributed by atoms with Gasteiger partial charge in [0.05, 0.1) is 12.2 Å². The first kappa shape index (κ1) is 16.2. The lowest BCUT2D eigenvalue weighted by atomic mass is 9.84. The number of rotatable bonds is 5. The highest BCUT2D eigenvalue weighted by atomic mass is 16.5. The van der Waals surface area contributed by atoms with Crippen LogP contribution in [0.5, 0.6) is 0 Å². The van der Waals surface area contributed by atoms with E-state index in [1.54, 1.807) is 7.11 Å². The number of methoxy groups -OCH3 is 1. The normalized spacial score (nSPS) is 33.1. The van der Waals surface area contributed by atoms with E-state index in [1.165, 1.54) is 25.9 Å². The Morgan fingerprint density at radius 2 is 1.85 bits per heavy atom. The molecule has 0 bridgehead atoms. The zero-order valence-electron chi connectivity index (χ0n) is 13.8. The van der Waals surface area contributed by atoms with Crippen molar-refractivity contribution in [3.63, 3.8) is 0 Å². The van der Waals surface area contributed by atoms with Crippen LogP contribution in [0, 0.1) is 0 Å². The Morgan fingerprint density at radius 3 is 2.35 bits per heavy atom. The predicted octanol–water partition coefficient (Wildman–Crippen LogP) is 2.03. The van der Waals surface area contributed by atoms with Gasteiger partial charge in [0.2, 0.25) is 0 Å². The summed E-state index contributed by atoms with van der Waals surface area (Å²) in [5.41, 5.74) is 0.302. The molecule has 2 fully saturated rings. The first-order valence-electron chi connectivity index (χ1n) is 8.11. The zero-order chi connectivity index (χ0) is 14.8. The molecule has 0 aromatic rings. The first-order valence-corrected chi connectivity index (χ1v) is 8.11. The van der Waals surface area contributed by atoms with Crippen LogP contribution in [-0.4, -0.2) is 61.5 Å². The highest BCUT2D eigenvalue weighted by molar-refractivity contribution is 4.99. The number of nitrogens with zero attached hydrogens (tertiary/aromatic N) is 1. The third kappa shape index (κ3) is 3.73. The SMILES string of the molecule is CCOC1CC(NC2CCN(C(C)(C)C)CC2)C1OC. The molecule has 3 unspecified atom stereocenters. The van der Waals surface area contributed by atoms with Crippen LogP contribution >= 0.6 is 0 Å². The summed E-state index contributed by atoms with van der Waals surface area (Å²) in [4.78, 5) is 2.59. The van der Waals surface area contributed by atoms with Gasteiger partial charge in [-0.3, -0.25) is 4.90 Å². The maximum Gasteiger partial charge on any atom is 0.0986 e. The van der Waals surface area contributed by atoms with Crippen LogP contribution in [0.1, 0.15) is 47.0 Å². The zero-order valence-corrected chi connectivity index (χ0v) is 13.8. The molecule has 0 spiro atoms. The van der Waals surface area contributed by atoms with Crippen molar-refractivity contribution in [2.75, 3.05) is 26.8 Å². The van der Waals surface area contributed by atoms with Gasteiger partial charge >= 0.3 is 0 Å². The Bertz CT molecular complexity index is 295. The van der Waals surface area contributed by atoms with Crippen molar-refractivity contribution < 1.29 is 9.47 Å². The summed E-state index contributed by atoms with van der Waals surface area (Å²) in [5.74, 6) is 0. The Hall–Kier alpha value is -0.160. The molecule has 2 rings (SSSR count). The number of hydrogen-bond donors (Lipinski definition) is 1. The second-order valence-corrected chi connectivity index (χ2v) is 7.14. The van der Waals surface area contributed by atoms with Gasteiger partial charge in [-0.15, -0.1) is 0 Å². The minimum absolute atomic E-state index is 0.232. The van der Waals surface area contributed by atoms with Crippen LogP contribution < -0.4 is 5.32 Å². The van der Waals surface area contributed by atoms with Gasteiger partial charge < -0.3 is 14.8 Å². The van der Waals surface area contributed by atoms with E-state index in [1.807, 2.05) is 0 Å². The molecule has 1 saturated heterocycles. The van der Waals surface area contributed by atoms with E-state index >= 15 is 0 Å². The quantitative estimate of drug-likeness (QED) is 0.837. The fourth-order valence-corrected chi connectivity index (χ4v) is 3.46. The van der Waals surface area contributed by atoms with Crippen LogP contribution in [0.25, 0.3) is 0 Å². The molecule has 1 N–H and O–H groups in total. The Morgan fingerprint density at radius 1 is 1.20 bits per heavy atom. The largest absolute Gasteiger partial charge is 0.377 e. The lowest BCUT2D eigenvalue weighted by Crippen LogP contribution is -2.63. The highest BCUT2D eigenvalue weighted by Gasteiger charge is 2.43. The predicted molar refractivity (Wildman–Crippen MR) is 82.1 cm³/mol. The van der Waals surface area contributed by atoms with Crippen molar-refractivity contribution in [1.82, 2.24) is 10.2 Å². The average Bonchev–Trinajstić information content (AvgIpc) is 2.37. The molecule has 20 heavy (non-hydrogen) atoms. The molecule has 0 aromatic carbocycles. The first-order chi connectivity index (χ1) is 9.45. The monoisotopic (exact) mass is 284 g/mol. The van der Waals surface area contributed by atoms with Crippen molar-refractivity contribution in [2.24, 2.45) is 0 Å². The molecule has 3 atom stereocenters. The van der Waals surface area contributed by atoms with Crippen molar-refractivity contribution in [1.29, 1.82) is 0 Å². The fraction of sp³-hybridized carbons (Fsp3) is 1.00. The van der Waals surface area contributed by atoms with Gasteiger partial charge in [0.1, 0.15) is 0 Å². The maximum absolute atomic E-state index is 5.69. The van der Waals surface area contributed by atoms with E-state index < -0.39 is 0 Å². The van der Waals surface area contributed by atoms with Crippen molar-refractivity contribution in [3.8, 4) is 0 Å². The van der Waals surface area contributed by atoms with Crippen LogP contribution in [0.15, 0.2) is 0 Å². The molecule has 118 valence electrons. The Kier molecular flexibility index (Phi) is 5.46. The topological polar surface area (TPSA) is 33.7 Å². The molecule has 0 amide bonds. The van der Waals surface area contributed by atoms with Crippen LogP contribution in [0.4, 0.5) is 0 Å². The summed E-state index contributed by atoms with van der Waals surface area (Å²) in [6.07, 6.45) is 4.09. The standard InChI is InChI=1S/C16H32N2O2/c1-6-20-14-11-13(15(14)19-5)17-12-7-9-18(10-8-12)16(2,3)4/h12-15,17H,6-11H2,1-5H3. The molecular formula is C16H32N2O2. The molecule has 1 heterocycles. The van der Waals surface area contributed by atoms with E-state index in [-0.39, 0.29) is 12.2 Å². The van der Waals surface area contributed by atoms with Gasteiger partial charge in [-0.1, -0.05) is 0 Å². The molecule has 1 saturated carbocycles. The Labute approximate surface area is 124 Å². The minimum Gasteiger partial charge on any atom is -0.377 e. The van der Waals surface area contributed by atoms with E-state index in [0.717, 1.165) is 13.0 Å². The van der Waals surface area contributed by atoms with E-state index in [4.69, 9.17) is 9.47 Å². The van der Waals surface area contributed by atoms with Gasteiger partial charge in [0.25, 0.3) is 0 Å². The number of likely N-dealkylation sites (tertiary alicyclic amines) is 1. The fourth-order valence-electron chi connectivity index (χ4n) is 3.46. The molecule has 4 heteroatoms. The molecular weight excluding hydrogens is 252 g/mol. The van der Waals surface area contributed by atoms with Crippen molar-refractivity contribution in [3.05, 3.63) is 0 Å². The van der Waals surface area contributed by atoms with E-state index in [9.17, 15) is 0 Å². The van der Waals surface area contributed by atoms with Crippen LogP contribution in [0.2, 0.25) is 0 Å². The van der Waals surface area contributed by atoms with Gasteiger partial charge in [-0.25, -0.2) is 0 Å². The molecule has 2 aliphatic rings. The second-order valence-electron chi connectivity index (χ2n) is 7.14. The van der Waals surface area contributed by atoms with Gasteiger partial charge in [0.15, 0.2) is 0 Å². The molecule has 4 nitrogen and oxygen atoms in total. The smallest absolute Gasteiger partial charge is 0.0986 e. The summed E-state index contributed by atoms with van der Waals surface area (Å²) < 4.78 is 11.3. The Balaban J connectivity index is 1.74. The van der Waals surface area contributed by atoms with Crippen molar-refractivity contribution >= 4 is 0 Å². The van der Waals surface area contributed by atoms with Crippen LogP contribution in [-0.2, 0) is 9.47 Å². The molecule has 1 aliphatic carbocycles. The number of hydrogen-bond acceptors (Lipinski definition) is 4. The lowest BCUT2D eigenvalue weighted by Gasteiger charge is -2.47. The maximum atomic E-state index is 5.69. The van der Waals surface area contributed by atoms with E-state index in [0.29, 0.717) is 17.6 Å². The second kappa shape index (κ2) is 6.73. The van der Waals surface area contributed by atoms with Gasteiger partial charge in [-0.05, 0) is 47.0 Å². The van der Waals surface area contributed by atoms with Crippen molar-refractivity contribution in [2.45, 2.75) is 76.8 Å². The summed E-state index contributed by atoms with van der Waals surface area (Å²) in [6.45, 7) is 12.1. The van der Waals surface area contributed by atoms with Crippen LogP contribution in [0.3, 0.4) is 0 Å². The third-order valence-electron chi connectivity index (χ3n) is 4.80. The summed E-state index contributed by atoms with van der Waals surface area (Å²) in [7, 11) is 1.80. The summed E-state index contributed by atoms with van der Waals surface area (Å²) in [6, 6.07) is 1.11. The molecule has 1 aliphatic heterocycles. The number of piperidine rings is 1. The third-order valence-corrected chi connectivity index (χ3v) is 4.80. The van der Waals surface area contributed by atoms with Gasteiger partial charge in [-0.2, -0.15) is 0 Å². The van der Waals surface area contributed by atoms with E-state index in [2.05, 4.69) is 37.9 Å². The summed E-state index contributed by atoms with van der Waals surface area (Å²) in [5, 5.41) is 3.79.